The lowest BCUT2D eigenvalue weighted by atomic mass is 10.1. The molecule has 22 heavy (non-hydrogen) atoms. The number of benzene rings is 1. The van der Waals surface area contributed by atoms with Gasteiger partial charge in [-0.3, -0.25) is 14.9 Å². The van der Waals surface area contributed by atoms with Gasteiger partial charge in [0.1, 0.15) is 5.84 Å². The number of hydrogen-bond donors (Lipinski definition) is 3. The van der Waals surface area contributed by atoms with Gasteiger partial charge in [-0.1, -0.05) is 24.3 Å². The molecule has 0 unspecified atom stereocenters. The normalized spacial score (nSPS) is 9.73. The van der Waals surface area contributed by atoms with E-state index in [4.69, 9.17) is 25.8 Å². The van der Waals surface area contributed by atoms with Gasteiger partial charge in [-0.25, -0.2) is 0 Å². The number of nitrogens with two attached hydrogens (primary N) is 1. The van der Waals surface area contributed by atoms with Crippen molar-refractivity contribution in [3.63, 3.8) is 0 Å². The predicted molar refractivity (Wildman–Crippen MR) is 82.5 cm³/mol. The van der Waals surface area contributed by atoms with Gasteiger partial charge in [0.15, 0.2) is 0 Å². The van der Waals surface area contributed by atoms with Crippen molar-refractivity contribution in [2.75, 3.05) is 0 Å². The van der Waals surface area contributed by atoms with E-state index in [1.807, 2.05) is 37.5 Å². The third kappa shape index (κ3) is 6.67. The van der Waals surface area contributed by atoms with E-state index < -0.39 is 5.97 Å². The lowest BCUT2D eigenvalue weighted by molar-refractivity contribution is -0.134. The first-order chi connectivity index (χ1) is 10.4. The van der Waals surface area contributed by atoms with Crippen LogP contribution in [0.25, 0.3) is 0 Å². The highest BCUT2D eigenvalue weighted by Crippen LogP contribution is 2.07. The molecule has 118 valence electrons. The molecule has 7 nitrogen and oxygen atoms in total. The minimum Gasteiger partial charge on any atom is -0.481 e. The average Bonchev–Trinajstić information content (AvgIpc) is 2.84. The summed E-state index contributed by atoms with van der Waals surface area (Å²) in [5.74, 6) is -0.752. The van der Waals surface area contributed by atoms with Gasteiger partial charge in [-0.15, -0.1) is 0 Å². The van der Waals surface area contributed by atoms with Gasteiger partial charge in [0, 0.05) is 31.3 Å². The van der Waals surface area contributed by atoms with Crippen LogP contribution < -0.4 is 5.73 Å². The third-order valence-corrected chi connectivity index (χ3v) is 2.56. The highest BCUT2D eigenvalue weighted by atomic mass is 16.5. The van der Waals surface area contributed by atoms with Crippen LogP contribution in [0.2, 0.25) is 0 Å². The van der Waals surface area contributed by atoms with Gasteiger partial charge in [0.25, 0.3) is 5.97 Å². The Morgan fingerprint density at radius 3 is 2.32 bits per heavy atom. The molecule has 0 radical (unpaired) electrons. The zero-order chi connectivity index (χ0) is 16.5. The van der Waals surface area contributed by atoms with Gasteiger partial charge in [-0.05, 0) is 5.56 Å². The van der Waals surface area contributed by atoms with E-state index in [9.17, 15) is 0 Å². The molecule has 0 spiro atoms. The Hall–Kier alpha value is -2.67. The first-order valence-corrected chi connectivity index (χ1v) is 6.56. The monoisotopic (exact) mass is 304 g/mol. The molecule has 4 N–H and O–H groups in total. The van der Waals surface area contributed by atoms with Gasteiger partial charge < -0.3 is 15.6 Å². The van der Waals surface area contributed by atoms with E-state index in [1.165, 1.54) is 0 Å². The highest BCUT2D eigenvalue weighted by molar-refractivity contribution is 5.94. The molecule has 0 aliphatic heterocycles. The quantitative estimate of drug-likeness (QED) is 0.572. The molecule has 1 heterocycles. The number of ether oxygens (including phenoxy) is 1. The Bertz CT molecular complexity index is 616. The SMILES string of the molecule is CC(=O)O.Cn1cc(COCc2ccc(C(=N)N)cc2)cn1. The van der Waals surface area contributed by atoms with Crippen molar-refractivity contribution < 1.29 is 14.6 Å². The number of aryl methyl sites for hydroxylation is 1. The van der Waals surface area contributed by atoms with Crippen LogP contribution in [0.5, 0.6) is 0 Å². The maximum atomic E-state index is 9.00. The molecule has 0 saturated heterocycles. The van der Waals surface area contributed by atoms with Crippen LogP contribution in [-0.2, 0) is 29.8 Å². The standard InChI is InChI=1S/C13H16N4O.C2H4O2/c1-17-7-11(6-16-17)9-18-8-10-2-4-12(5-3-10)13(14)15;1-2(3)4/h2-7H,8-9H2,1H3,(H3,14,15);1H3,(H,3,4). The average molecular weight is 304 g/mol. The first-order valence-electron chi connectivity index (χ1n) is 6.56. The summed E-state index contributed by atoms with van der Waals surface area (Å²) < 4.78 is 7.33. The number of carboxylic acid groups (broad SMARTS) is 1. The summed E-state index contributed by atoms with van der Waals surface area (Å²) in [6.07, 6.45) is 3.72. The number of rotatable bonds is 5. The van der Waals surface area contributed by atoms with Crippen LogP contribution >= 0.6 is 0 Å². The van der Waals surface area contributed by atoms with Crippen molar-refractivity contribution in [2.24, 2.45) is 12.8 Å². The number of aromatic nitrogens is 2. The Morgan fingerprint density at radius 1 is 1.32 bits per heavy atom. The van der Waals surface area contributed by atoms with Crippen molar-refractivity contribution >= 4 is 11.8 Å². The van der Waals surface area contributed by atoms with Crippen LogP contribution in [0, 0.1) is 5.41 Å². The molecule has 0 atom stereocenters. The zero-order valence-electron chi connectivity index (χ0n) is 12.6. The van der Waals surface area contributed by atoms with E-state index in [0.717, 1.165) is 23.6 Å². The van der Waals surface area contributed by atoms with Crippen molar-refractivity contribution in [3.8, 4) is 0 Å². The zero-order valence-corrected chi connectivity index (χ0v) is 12.6. The molecule has 0 amide bonds. The largest absolute Gasteiger partial charge is 0.481 e. The summed E-state index contributed by atoms with van der Waals surface area (Å²) >= 11 is 0. The molecule has 2 rings (SSSR count). The number of hydrogen-bond acceptors (Lipinski definition) is 4. The van der Waals surface area contributed by atoms with Crippen LogP contribution in [0.1, 0.15) is 23.6 Å². The lowest BCUT2D eigenvalue weighted by Gasteiger charge is -2.04. The smallest absolute Gasteiger partial charge is 0.300 e. The van der Waals surface area contributed by atoms with E-state index in [-0.39, 0.29) is 5.84 Å². The molecule has 1 aromatic carbocycles. The number of nitrogens with one attached hydrogen (secondary N) is 1. The van der Waals surface area contributed by atoms with Gasteiger partial charge in [0.05, 0.1) is 19.4 Å². The summed E-state index contributed by atoms with van der Waals surface area (Å²) in [7, 11) is 1.88. The van der Waals surface area contributed by atoms with E-state index in [1.54, 1.807) is 10.9 Å². The molecule has 0 saturated carbocycles. The van der Waals surface area contributed by atoms with Crippen LogP contribution in [-0.4, -0.2) is 26.7 Å². The fraction of sp³-hybridized carbons (Fsp3) is 0.267. The van der Waals surface area contributed by atoms with E-state index >= 15 is 0 Å². The van der Waals surface area contributed by atoms with Crippen molar-refractivity contribution in [3.05, 3.63) is 53.3 Å². The van der Waals surface area contributed by atoms with Gasteiger partial charge in [-0.2, -0.15) is 5.10 Å². The fourth-order valence-electron chi connectivity index (χ4n) is 1.61. The molecule has 0 bridgehead atoms. The summed E-state index contributed by atoms with van der Waals surface area (Å²) in [6, 6.07) is 7.48. The minimum atomic E-state index is -0.833. The molecule has 1 aromatic heterocycles. The van der Waals surface area contributed by atoms with Gasteiger partial charge in [0.2, 0.25) is 0 Å². The third-order valence-electron chi connectivity index (χ3n) is 2.56. The lowest BCUT2D eigenvalue weighted by Crippen LogP contribution is -2.10. The van der Waals surface area contributed by atoms with Crippen LogP contribution in [0.3, 0.4) is 0 Å². The summed E-state index contributed by atoms with van der Waals surface area (Å²) in [5.41, 5.74) is 8.23. The summed E-state index contributed by atoms with van der Waals surface area (Å²) in [4.78, 5) is 9.00. The number of carbonyl (C=O) groups is 1. The maximum absolute atomic E-state index is 9.00. The van der Waals surface area contributed by atoms with Crippen LogP contribution in [0.4, 0.5) is 0 Å². The second-order valence-electron chi connectivity index (χ2n) is 4.64. The Kier molecular flexibility index (Phi) is 6.78. The molecule has 0 aliphatic carbocycles. The fourth-order valence-corrected chi connectivity index (χ4v) is 1.61. The Balaban J connectivity index is 0.000000541. The Morgan fingerprint density at radius 2 is 1.86 bits per heavy atom. The van der Waals surface area contributed by atoms with E-state index in [2.05, 4.69) is 5.10 Å². The van der Waals surface area contributed by atoms with E-state index in [0.29, 0.717) is 13.2 Å². The first kappa shape index (κ1) is 17.4. The van der Waals surface area contributed by atoms with Gasteiger partial charge >= 0.3 is 0 Å². The maximum Gasteiger partial charge on any atom is 0.300 e. The topological polar surface area (TPSA) is 114 Å². The van der Waals surface area contributed by atoms with Crippen molar-refractivity contribution in [2.45, 2.75) is 20.1 Å². The number of carboxylic acids is 1. The number of amidine groups is 1. The van der Waals surface area contributed by atoms with Crippen molar-refractivity contribution in [1.29, 1.82) is 5.41 Å². The molecule has 0 aliphatic rings. The number of nitrogens with zero attached hydrogens (tertiary/aromatic N) is 2. The minimum absolute atomic E-state index is 0.0813. The number of nitrogen functional groups attached to an aromatic ring is 1. The molecule has 0 fully saturated rings. The van der Waals surface area contributed by atoms with Crippen molar-refractivity contribution in [1.82, 2.24) is 9.78 Å². The highest BCUT2D eigenvalue weighted by Gasteiger charge is 1.99. The second kappa shape index (κ2) is 8.58. The molecule has 7 heteroatoms. The Labute approximate surface area is 128 Å². The predicted octanol–water partition coefficient (Wildman–Crippen LogP) is 1.51. The van der Waals surface area contributed by atoms with Crippen LogP contribution in [0.15, 0.2) is 36.7 Å². The second-order valence-corrected chi connectivity index (χ2v) is 4.64. The summed E-state index contributed by atoms with van der Waals surface area (Å²) in [6.45, 7) is 2.16. The molecular weight excluding hydrogens is 284 g/mol. The number of aliphatic carboxylic acids is 1. The molecular formula is C15H20N4O3. The molecule has 2 aromatic rings. The summed E-state index contributed by atoms with van der Waals surface area (Å²) in [5, 5.41) is 18.8.